The Labute approximate surface area is 68.7 Å². The van der Waals surface area contributed by atoms with Crippen molar-refractivity contribution in [2.45, 2.75) is 6.92 Å². The van der Waals surface area contributed by atoms with Crippen molar-refractivity contribution in [3.8, 4) is 0 Å². The lowest BCUT2D eigenvalue weighted by Crippen LogP contribution is -1.81. The Hall–Kier alpha value is -1.09. The van der Waals surface area contributed by atoms with Crippen LogP contribution in [0.3, 0.4) is 0 Å². The maximum Gasteiger partial charge on any atom is 0.115 e. The van der Waals surface area contributed by atoms with Crippen molar-refractivity contribution in [2.75, 3.05) is 0 Å². The molecule has 11 heavy (non-hydrogen) atoms. The van der Waals surface area contributed by atoms with E-state index >= 15 is 0 Å². The van der Waals surface area contributed by atoms with E-state index in [1.165, 1.54) is 0 Å². The number of hydrogen-bond acceptors (Lipinski definition) is 2. The molecule has 0 aliphatic rings. The van der Waals surface area contributed by atoms with E-state index in [0.29, 0.717) is 0 Å². The number of benzene rings is 1. The van der Waals surface area contributed by atoms with Gasteiger partial charge in [-0.1, -0.05) is 10.4 Å². The van der Waals surface area contributed by atoms with E-state index in [1.54, 1.807) is 0 Å². The van der Waals surface area contributed by atoms with Crippen molar-refractivity contribution in [1.82, 2.24) is 14.5 Å². The van der Waals surface area contributed by atoms with Crippen LogP contribution < -0.4 is 0 Å². The van der Waals surface area contributed by atoms with Gasteiger partial charge in [-0.05, 0) is 24.6 Å². The second-order valence-corrected chi connectivity index (χ2v) is 2.74. The Kier molecular flexibility index (Phi) is 1.32. The molecule has 0 saturated heterocycles. The maximum atomic E-state index is 5.53. The van der Waals surface area contributed by atoms with Crippen molar-refractivity contribution in [2.24, 2.45) is 0 Å². The Morgan fingerprint density at radius 2 is 2.00 bits per heavy atom. The molecule has 0 N–H and O–H groups in total. The van der Waals surface area contributed by atoms with E-state index in [2.05, 4.69) is 10.2 Å². The molecule has 1 aromatic carbocycles. The van der Waals surface area contributed by atoms with Crippen molar-refractivity contribution in [3.05, 3.63) is 23.8 Å². The zero-order chi connectivity index (χ0) is 7.84. The number of fused-ring (bicyclic) bond motifs is 1. The van der Waals surface area contributed by atoms with Gasteiger partial charge in [0.2, 0.25) is 0 Å². The summed E-state index contributed by atoms with van der Waals surface area (Å²) in [6.07, 6.45) is 0. The minimum absolute atomic E-state index is 0.825. The summed E-state index contributed by atoms with van der Waals surface area (Å²) in [5, 5.41) is 7.87. The third kappa shape index (κ3) is 1.07. The van der Waals surface area contributed by atoms with Gasteiger partial charge in [0.15, 0.2) is 0 Å². The van der Waals surface area contributed by atoms with Crippen LogP contribution in [-0.4, -0.2) is 14.5 Å². The third-order valence-corrected chi connectivity index (χ3v) is 1.66. The van der Waals surface area contributed by atoms with Crippen LogP contribution in [0.4, 0.5) is 0 Å². The van der Waals surface area contributed by atoms with E-state index < -0.39 is 0 Å². The second kappa shape index (κ2) is 2.20. The van der Waals surface area contributed by atoms with Crippen LogP contribution in [0.15, 0.2) is 18.2 Å². The molecule has 0 atom stereocenters. The molecule has 1 heterocycles. The van der Waals surface area contributed by atoms with Crippen molar-refractivity contribution in [1.29, 1.82) is 0 Å². The number of halogens is 1. The lowest BCUT2D eigenvalue weighted by atomic mass is 10.2. The first-order chi connectivity index (χ1) is 5.25. The van der Waals surface area contributed by atoms with E-state index in [9.17, 15) is 0 Å². The summed E-state index contributed by atoms with van der Waals surface area (Å²) in [6, 6.07) is 5.83. The molecule has 3 nitrogen and oxygen atoms in total. The predicted octanol–water partition coefficient (Wildman–Crippen LogP) is 1.74. The Morgan fingerprint density at radius 3 is 2.82 bits per heavy atom. The second-order valence-electron chi connectivity index (χ2n) is 2.43. The van der Waals surface area contributed by atoms with Gasteiger partial charge in [-0.2, -0.15) is 0 Å². The fourth-order valence-corrected chi connectivity index (χ4v) is 1.16. The van der Waals surface area contributed by atoms with E-state index in [1.807, 2.05) is 25.1 Å². The first-order valence-electron chi connectivity index (χ1n) is 3.25. The van der Waals surface area contributed by atoms with E-state index in [4.69, 9.17) is 11.8 Å². The van der Waals surface area contributed by atoms with Gasteiger partial charge in [-0.3, -0.25) is 0 Å². The quantitative estimate of drug-likeness (QED) is 0.599. The number of hydrogen-bond donors (Lipinski definition) is 0. The summed E-state index contributed by atoms with van der Waals surface area (Å²) in [7, 11) is 0. The largest absolute Gasteiger partial charge is 0.137 e. The molecule has 0 bridgehead atoms. The van der Waals surface area contributed by atoms with Gasteiger partial charge >= 0.3 is 0 Å². The summed E-state index contributed by atoms with van der Waals surface area (Å²) >= 11 is 5.53. The van der Waals surface area contributed by atoms with Crippen molar-refractivity contribution in [3.63, 3.8) is 0 Å². The zero-order valence-corrected chi connectivity index (χ0v) is 6.71. The number of rotatable bonds is 0. The van der Waals surface area contributed by atoms with Crippen molar-refractivity contribution < 1.29 is 0 Å². The van der Waals surface area contributed by atoms with E-state index in [-0.39, 0.29) is 0 Å². The Morgan fingerprint density at radius 1 is 1.27 bits per heavy atom. The molecule has 2 rings (SSSR count). The number of aromatic nitrogens is 3. The van der Waals surface area contributed by atoms with Gasteiger partial charge in [0, 0.05) is 0 Å². The molecule has 1 aromatic heterocycles. The number of nitrogens with zero attached hydrogens (tertiary/aromatic N) is 3. The van der Waals surface area contributed by atoms with Crippen LogP contribution in [0.1, 0.15) is 5.56 Å². The van der Waals surface area contributed by atoms with Crippen LogP contribution >= 0.6 is 11.8 Å². The maximum absolute atomic E-state index is 5.53. The standard InChI is InChI=1S/C7H6ClN3/c1-5-2-3-6-7(4-5)10-11(8)9-6/h2-4H,1H3. The summed E-state index contributed by atoms with van der Waals surface area (Å²) in [4.78, 5) is 0. The summed E-state index contributed by atoms with van der Waals surface area (Å²) in [5.41, 5.74) is 2.82. The molecular weight excluding hydrogens is 162 g/mol. The average Bonchev–Trinajstić information content (AvgIpc) is 2.27. The summed E-state index contributed by atoms with van der Waals surface area (Å²) in [6.45, 7) is 2.01. The smallest absolute Gasteiger partial charge is 0.115 e. The van der Waals surface area contributed by atoms with Crippen LogP contribution in [0.25, 0.3) is 11.0 Å². The molecule has 0 amide bonds. The topological polar surface area (TPSA) is 30.7 Å². The highest BCUT2D eigenvalue weighted by molar-refractivity contribution is 6.14. The highest BCUT2D eigenvalue weighted by atomic mass is 35.5. The summed E-state index contributed by atoms with van der Waals surface area (Å²) in [5.74, 6) is 0. The molecule has 0 fully saturated rings. The fraction of sp³-hybridized carbons (Fsp3) is 0.143. The predicted molar refractivity (Wildman–Crippen MR) is 43.5 cm³/mol. The fourth-order valence-electron chi connectivity index (χ4n) is 0.998. The molecule has 0 radical (unpaired) electrons. The van der Waals surface area contributed by atoms with Gasteiger partial charge in [0.05, 0.1) is 11.8 Å². The highest BCUT2D eigenvalue weighted by Gasteiger charge is 1.98. The first-order valence-corrected chi connectivity index (χ1v) is 3.59. The van der Waals surface area contributed by atoms with Crippen LogP contribution in [0.5, 0.6) is 0 Å². The molecule has 0 aliphatic heterocycles. The minimum atomic E-state index is 0.825. The Bertz CT molecular complexity index is 393. The molecule has 2 aromatic rings. The van der Waals surface area contributed by atoms with E-state index in [0.717, 1.165) is 20.9 Å². The van der Waals surface area contributed by atoms with Crippen LogP contribution in [0.2, 0.25) is 0 Å². The Balaban J connectivity index is 2.82. The van der Waals surface area contributed by atoms with Crippen LogP contribution in [0, 0.1) is 6.92 Å². The average molecular weight is 168 g/mol. The molecule has 4 heteroatoms. The monoisotopic (exact) mass is 167 g/mol. The molecule has 56 valence electrons. The normalized spacial score (nSPS) is 10.7. The molecule has 0 spiro atoms. The minimum Gasteiger partial charge on any atom is -0.137 e. The van der Waals surface area contributed by atoms with Gasteiger partial charge in [-0.25, -0.2) is 0 Å². The molecule has 0 unspecified atom stereocenters. The third-order valence-electron chi connectivity index (χ3n) is 1.51. The van der Waals surface area contributed by atoms with Gasteiger partial charge in [0.1, 0.15) is 11.0 Å². The first kappa shape index (κ1) is 6.61. The highest BCUT2D eigenvalue weighted by Crippen LogP contribution is 2.10. The SMILES string of the molecule is Cc1ccc2nn(Cl)nc2c1. The lowest BCUT2D eigenvalue weighted by molar-refractivity contribution is 0.865. The van der Waals surface area contributed by atoms with Crippen LogP contribution in [-0.2, 0) is 0 Å². The molecular formula is C7H6ClN3. The zero-order valence-electron chi connectivity index (χ0n) is 5.95. The lowest BCUT2D eigenvalue weighted by Gasteiger charge is -1.86. The van der Waals surface area contributed by atoms with Gasteiger partial charge in [-0.15, -0.1) is 10.2 Å². The van der Waals surface area contributed by atoms with Gasteiger partial charge in [0.25, 0.3) is 0 Å². The molecule has 0 aliphatic carbocycles. The van der Waals surface area contributed by atoms with Gasteiger partial charge < -0.3 is 0 Å². The molecule has 0 saturated carbocycles. The summed E-state index contributed by atoms with van der Waals surface area (Å²) < 4.78 is 1.06. The number of aryl methyl sites for hydroxylation is 1. The van der Waals surface area contributed by atoms with Crippen molar-refractivity contribution >= 4 is 22.8 Å².